The highest BCUT2D eigenvalue weighted by Gasteiger charge is 2.19. The first-order chi connectivity index (χ1) is 9.03. The van der Waals surface area contributed by atoms with E-state index in [1.165, 1.54) is 0 Å². The molecule has 0 bridgehead atoms. The number of carbonyl (C=O) groups excluding carboxylic acids is 2. The fraction of sp³-hybridized carbons (Fsp3) is 0.250. The standard InChI is InChI=1S/C12H9F2NO4/c1-2-18-11(17)9-4-8(19-12(13)14)3-7(6-16)10(9)5-15/h3-4,6,12H,2H2,1H3. The Kier molecular flexibility index (Phi) is 4.94. The summed E-state index contributed by atoms with van der Waals surface area (Å²) in [5.74, 6) is -1.28. The largest absolute Gasteiger partial charge is 0.462 e. The van der Waals surface area contributed by atoms with Gasteiger partial charge in [0.05, 0.1) is 17.7 Å². The molecule has 0 radical (unpaired) electrons. The average molecular weight is 269 g/mol. The maximum Gasteiger partial charge on any atom is 0.387 e. The zero-order chi connectivity index (χ0) is 14.4. The Balaban J connectivity index is 3.36. The van der Waals surface area contributed by atoms with Crippen LogP contribution in [0.2, 0.25) is 0 Å². The summed E-state index contributed by atoms with van der Waals surface area (Å²) in [5, 5.41) is 8.91. The number of ether oxygens (including phenoxy) is 2. The van der Waals surface area contributed by atoms with E-state index in [1.807, 2.05) is 0 Å². The maximum atomic E-state index is 12.1. The number of aldehydes is 1. The van der Waals surface area contributed by atoms with E-state index in [-0.39, 0.29) is 35.3 Å². The van der Waals surface area contributed by atoms with E-state index in [4.69, 9.17) is 5.26 Å². The summed E-state index contributed by atoms with van der Waals surface area (Å²) < 4.78 is 33.1. The van der Waals surface area contributed by atoms with Gasteiger partial charge in [0.2, 0.25) is 0 Å². The van der Waals surface area contributed by atoms with Crippen LogP contribution in [0.15, 0.2) is 12.1 Å². The van der Waals surface area contributed by atoms with E-state index in [1.54, 1.807) is 13.0 Å². The van der Waals surface area contributed by atoms with Gasteiger partial charge < -0.3 is 9.47 Å². The van der Waals surface area contributed by atoms with Crippen molar-refractivity contribution in [1.82, 2.24) is 0 Å². The number of benzene rings is 1. The minimum atomic E-state index is -3.11. The van der Waals surface area contributed by atoms with Crippen LogP contribution in [0.25, 0.3) is 0 Å². The zero-order valence-corrected chi connectivity index (χ0v) is 9.85. The molecule has 0 aliphatic heterocycles. The van der Waals surface area contributed by atoms with Gasteiger partial charge in [-0.2, -0.15) is 14.0 Å². The molecule has 0 heterocycles. The highest BCUT2D eigenvalue weighted by molar-refractivity contribution is 5.96. The lowest BCUT2D eigenvalue weighted by Gasteiger charge is -2.10. The second-order valence-corrected chi connectivity index (χ2v) is 3.26. The lowest BCUT2D eigenvalue weighted by atomic mass is 10.0. The Morgan fingerprint density at radius 1 is 1.53 bits per heavy atom. The molecule has 0 aliphatic rings. The van der Waals surface area contributed by atoms with Crippen molar-refractivity contribution in [3.63, 3.8) is 0 Å². The third-order valence-corrected chi connectivity index (χ3v) is 2.10. The number of nitrogens with zero attached hydrogens (tertiary/aromatic N) is 1. The molecule has 0 aromatic heterocycles. The van der Waals surface area contributed by atoms with E-state index in [2.05, 4.69) is 9.47 Å². The van der Waals surface area contributed by atoms with E-state index in [0.29, 0.717) is 0 Å². The van der Waals surface area contributed by atoms with Crippen molar-refractivity contribution in [2.75, 3.05) is 6.61 Å². The van der Waals surface area contributed by atoms with E-state index in [9.17, 15) is 18.4 Å². The molecule has 19 heavy (non-hydrogen) atoms. The van der Waals surface area contributed by atoms with Gasteiger partial charge in [-0.15, -0.1) is 0 Å². The molecule has 0 unspecified atom stereocenters. The van der Waals surface area contributed by atoms with Crippen LogP contribution in [0.1, 0.15) is 33.2 Å². The molecule has 0 N–H and O–H groups in total. The lowest BCUT2D eigenvalue weighted by molar-refractivity contribution is -0.0499. The molecule has 100 valence electrons. The molecule has 0 aliphatic carbocycles. The summed E-state index contributed by atoms with van der Waals surface area (Å²) >= 11 is 0. The second-order valence-electron chi connectivity index (χ2n) is 3.26. The normalized spacial score (nSPS) is 9.84. The van der Waals surface area contributed by atoms with E-state index >= 15 is 0 Å². The van der Waals surface area contributed by atoms with Crippen LogP contribution in [-0.4, -0.2) is 25.5 Å². The van der Waals surface area contributed by atoms with Crippen LogP contribution in [0.5, 0.6) is 5.75 Å². The Morgan fingerprint density at radius 3 is 2.68 bits per heavy atom. The molecule has 1 aromatic rings. The van der Waals surface area contributed by atoms with Crippen molar-refractivity contribution in [3.8, 4) is 11.8 Å². The third kappa shape index (κ3) is 3.48. The van der Waals surface area contributed by atoms with Gasteiger partial charge in [0.1, 0.15) is 11.8 Å². The third-order valence-electron chi connectivity index (χ3n) is 2.10. The highest BCUT2D eigenvalue weighted by atomic mass is 19.3. The average Bonchev–Trinajstić information content (AvgIpc) is 2.37. The Labute approximate surface area is 107 Å². The van der Waals surface area contributed by atoms with Gasteiger partial charge in [-0.1, -0.05) is 0 Å². The van der Waals surface area contributed by atoms with Crippen molar-refractivity contribution in [2.24, 2.45) is 0 Å². The molecule has 7 heteroatoms. The molecular formula is C12H9F2NO4. The van der Waals surface area contributed by atoms with Crippen LogP contribution in [0.4, 0.5) is 8.78 Å². The van der Waals surface area contributed by atoms with Gasteiger partial charge in [0, 0.05) is 5.56 Å². The lowest BCUT2D eigenvalue weighted by Crippen LogP contribution is -2.11. The van der Waals surface area contributed by atoms with Gasteiger partial charge in [-0.3, -0.25) is 4.79 Å². The molecular weight excluding hydrogens is 260 g/mol. The maximum absolute atomic E-state index is 12.1. The summed E-state index contributed by atoms with van der Waals surface area (Å²) in [4.78, 5) is 22.4. The number of carbonyl (C=O) groups is 2. The minimum absolute atomic E-state index is 0.0417. The highest BCUT2D eigenvalue weighted by Crippen LogP contribution is 2.23. The topological polar surface area (TPSA) is 76.4 Å². The number of rotatable bonds is 5. The van der Waals surface area contributed by atoms with Gasteiger partial charge in [0.15, 0.2) is 6.29 Å². The van der Waals surface area contributed by atoms with E-state index in [0.717, 1.165) is 12.1 Å². The molecule has 0 saturated heterocycles. The summed E-state index contributed by atoms with van der Waals surface area (Å²) in [6, 6.07) is 3.56. The fourth-order valence-corrected chi connectivity index (χ4v) is 1.40. The predicted molar refractivity (Wildman–Crippen MR) is 59.1 cm³/mol. The summed E-state index contributed by atoms with van der Waals surface area (Å²) in [5.41, 5.74) is -0.747. The Hall–Kier alpha value is -2.49. The first-order valence-electron chi connectivity index (χ1n) is 5.18. The smallest absolute Gasteiger partial charge is 0.387 e. The SMILES string of the molecule is CCOC(=O)c1cc(OC(F)F)cc(C=O)c1C#N. The Morgan fingerprint density at radius 2 is 2.21 bits per heavy atom. The van der Waals surface area contributed by atoms with Crippen LogP contribution in [0, 0.1) is 11.3 Å². The minimum Gasteiger partial charge on any atom is -0.462 e. The fourth-order valence-electron chi connectivity index (χ4n) is 1.40. The van der Waals surface area contributed by atoms with Gasteiger partial charge >= 0.3 is 12.6 Å². The predicted octanol–water partition coefficient (Wildman–Crippen LogP) is 2.15. The molecule has 0 amide bonds. The molecule has 1 rings (SSSR count). The number of hydrogen-bond donors (Lipinski definition) is 0. The number of halogens is 2. The quantitative estimate of drug-likeness (QED) is 0.604. The van der Waals surface area contributed by atoms with Crippen molar-refractivity contribution >= 4 is 12.3 Å². The summed E-state index contributed by atoms with van der Waals surface area (Å²) in [7, 11) is 0. The van der Waals surface area contributed by atoms with Crippen molar-refractivity contribution < 1.29 is 27.8 Å². The van der Waals surface area contributed by atoms with Crippen molar-refractivity contribution in [1.29, 1.82) is 5.26 Å². The number of nitriles is 1. The zero-order valence-electron chi connectivity index (χ0n) is 9.85. The number of alkyl halides is 2. The summed E-state index contributed by atoms with van der Waals surface area (Å²) in [6.45, 7) is -1.52. The first-order valence-corrected chi connectivity index (χ1v) is 5.18. The van der Waals surface area contributed by atoms with Gasteiger partial charge in [-0.05, 0) is 19.1 Å². The Bertz CT molecular complexity index is 537. The van der Waals surface area contributed by atoms with Crippen LogP contribution in [-0.2, 0) is 4.74 Å². The number of hydrogen-bond acceptors (Lipinski definition) is 5. The molecule has 5 nitrogen and oxygen atoms in total. The molecule has 0 spiro atoms. The molecule has 0 saturated carbocycles. The van der Waals surface area contributed by atoms with E-state index < -0.39 is 12.6 Å². The second kappa shape index (κ2) is 6.44. The van der Waals surface area contributed by atoms with Gasteiger partial charge in [0.25, 0.3) is 0 Å². The van der Waals surface area contributed by atoms with Crippen LogP contribution < -0.4 is 4.74 Å². The first kappa shape index (κ1) is 14.6. The van der Waals surface area contributed by atoms with Crippen LogP contribution >= 0.6 is 0 Å². The van der Waals surface area contributed by atoms with Crippen molar-refractivity contribution in [2.45, 2.75) is 13.5 Å². The number of esters is 1. The molecule has 0 atom stereocenters. The summed E-state index contributed by atoms with van der Waals surface area (Å²) in [6.07, 6.45) is 0.277. The molecule has 0 fully saturated rings. The monoisotopic (exact) mass is 269 g/mol. The van der Waals surface area contributed by atoms with Crippen molar-refractivity contribution in [3.05, 3.63) is 28.8 Å². The van der Waals surface area contributed by atoms with Gasteiger partial charge in [-0.25, -0.2) is 4.79 Å². The molecule has 1 aromatic carbocycles. The van der Waals surface area contributed by atoms with Crippen LogP contribution in [0.3, 0.4) is 0 Å².